The van der Waals surface area contributed by atoms with Crippen molar-refractivity contribution in [2.45, 2.75) is 38.8 Å². The van der Waals surface area contributed by atoms with Crippen molar-refractivity contribution in [3.05, 3.63) is 50.7 Å². The zero-order valence-electron chi connectivity index (χ0n) is 12.4. The van der Waals surface area contributed by atoms with Crippen molar-refractivity contribution >= 4 is 33.4 Å². The van der Waals surface area contributed by atoms with E-state index in [1.165, 1.54) is 5.56 Å². The van der Waals surface area contributed by atoms with Gasteiger partial charge in [0.1, 0.15) is 4.60 Å². The molecule has 1 aliphatic rings. The van der Waals surface area contributed by atoms with Crippen LogP contribution in [-0.4, -0.2) is 15.7 Å². The Balaban J connectivity index is 1.81. The van der Waals surface area contributed by atoms with Gasteiger partial charge in [0.2, 0.25) is 0 Å². The highest BCUT2D eigenvalue weighted by atomic mass is 79.9. The van der Waals surface area contributed by atoms with Crippen LogP contribution in [0.2, 0.25) is 5.02 Å². The Kier molecular flexibility index (Phi) is 4.28. The van der Waals surface area contributed by atoms with Crippen molar-refractivity contribution in [1.29, 1.82) is 0 Å². The van der Waals surface area contributed by atoms with E-state index < -0.39 is 0 Å². The molecule has 1 N–H and O–H groups in total. The van der Waals surface area contributed by atoms with Crippen LogP contribution in [0.25, 0.3) is 0 Å². The summed E-state index contributed by atoms with van der Waals surface area (Å²) in [4.78, 5) is 12.5. The van der Waals surface area contributed by atoms with Crippen LogP contribution in [0.3, 0.4) is 0 Å². The van der Waals surface area contributed by atoms with Gasteiger partial charge < -0.3 is 5.32 Å². The van der Waals surface area contributed by atoms with Gasteiger partial charge in [-0.3, -0.25) is 9.48 Å². The largest absolute Gasteiger partial charge is 0.345 e. The number of halogens is 2. The molecule has 1 amide bonds. The van der Waals surface area contributed by atoms with Gasteiger partial charge in [-0.2, -0.15) is 5.10 Å². The molecule has 0 saturated heterocycles. The molecule has 1 heterocycles. The summed E-state index contributed by atoms with van der Waals surface area (Å²) < 4.78 is 2.50. The lowest BCUT2D eigenvalue weighted by Gasteiger charge is -2.14. The molecule has 4 nitrogen and oxygen atoms in total. The van der Waals surface area contributed by atoms with Crippen molar-refractivity contribution in [3.8, 4) is 0 Å². The molecule has 0 fully saturated rings. The highest BCUT2D eigenvalue weighted by molar-refractivity contribution is 9.10. The molecular formula is C16H17BrClN3O. The monoisotopic (exact) mass is 381 g/mol. The molecule has 0 radical (unpaired) electrons. The van der Waals surface area contributed by atoms with Crippen molar-refractivity contribution in [3.63, 3.8) is 0 Å². The second-order valence-electron chi connectivity index (χ2n) is 5.80. The number of carbonyl (C=O) groups excluding carboxylic acids is 1. The number of hydrogen-bond acceptors (Lipinski definition) is 2. The standard InChI is InChI=1S/C16H17BrClN3O/c1-9(2)21-15(17)13(8-19-21)16(22)20-14-6-4-10-3-5-11(18)7-12(10)14/h3,5,7-9,14H,4,6H2,1-2H3,(H,20,22). The van der Waals surface area contributed by atoms with E-state index in [0.29, 0.717) is 15.2 Å². The van der Waals surface area contributed by atoms with Crippen molar-refractivity contribution in [1.82, 2.24) is 15.1 Å². The number of carbonyl (C=O) groups is 1. The Morgan fingerprint density at radius 3 is 2.95 bits per heavy atom. The van der Waals surface area contributed by atoms with Gasteiger partial charge in [0, 0.05) is 11.1 Å². The maximum atomic E-state index is 12.5. The van der Waals surface area contributed by atoms with Gasteiger partial charge >= 0.3 is 0 Å². The number of rotatable bonds is 3. The summed E-state index contributed by atoms with van der Waals surface area (Å²) >= 11 is 9.54. The van der Waals surface area contributed by atoms with E-state index in [4.69, 9.17) is 11.6 Å². The van der Waals surface area contributed by atoms with Crippen LogP contribution >= 0.6 is 27.5 Å². The second kappa shape index (κ2) is 6.05. The Bertz CT molecular complexity index is 726. The number of benzene rings is 1. The molecule has 0 spiro atoms. The lowest BCUT2D eigenvalue weighted by atomic mass is 10.1. The third-order valence-corrected chi connectivity index (χ3v) is 4.99. The third-order valence-electron chi connectivity index (χ3n) is 3.96. The zero-order valence-corrected chi connectivity index (χ0v) is 14.8. The first kappa shape index (κ1) is 15.6. The first-order valence-corrected chi connectivity index (χ1v) is 8.46. The fourth-order valence-electron chi connectivity index (χ4n) is 2.82. The molecule has 2 aromatic rings. The third kappa shape index (κ3) is 2.79. The van der Waals surface area contributed by atoms with Crippen LogP contribution in [0.4, 0.5) is 0 Å². The molecule has 3 rings (SSSR count). The molecule has 6 heteroatoms. The maximum Gasteiger partial charge on any atom is 0.256 e. The number of hydrogen-bond donors (Lipinski definition) is 1. The van der Waals surface area contributed by atoms with Gasteiger partial charge in [0.05, 0.1) is 17.8 Å². The summed E-state index contributed by atoms with van der Waals surface area (Å²) in [6.45, 7) is 4.04. The van der Waals surface area contributed by atoms with Crippen LogP contribution in [-0.2, 0) is 6.42 Å². The Hall–Kier alpha value is -1.33. The van der Waals surface area contributed by atoms with E-state index >= 15 is 0 Å². The highest BCUT2D eigenvalue weighted by Crippen LogP contribution is 2.33. The van der Waals surface area contributed by atoms with Crippen LogP contribution in [0, 0.1) is 0 Å². The van der Waals surface area contributed by atoms with E-state index in [9.17, 15) is 4.79 Å². The molecule has 0 aliphatic heterocycles. The molecule has 1 unspecified atom stereocenters. The number of amides is 1. The van der Waals surface area contributed by atoms with Gasteiger partial charge in [-0.25, -0.2) is 0 Å². The van der Waals surface area contributed by atoms with Gasteiger partial charge in [-0.05, 0) is 65.9 Å². The number of fused-ring (bicyclic) bond motifs is 1. The zero-order chi connectivity index (χ0) is 15.9. The van der Waals surface area contributed by atoms with Gasteiger partial charge in [-0.15, -0.1) is 0 Å². The van der Waals surface area contributed by atoms with Crippen molar-refractivity contribution in [2.24, 2.45) is 0 Å². The molecule has 1 aromatic heterocycles. The van der Waals surface area contributed by atoms with Crippen LogP contribution in [0.5, 0.6) is 0 Å². The number of nitrogens with one attached hydrogen (secondary N) is 1. The molecule has 22 heavy (non-hydrogen) atoms. The minimum absolute atomic E-state index is 0.00972. The lowest BCUT2D eigenvalue weighted by Crippen LogP contribution is -2.27. The summed E-state index contributed by atoms with van der Waals surface area (Å²) in [6.07, 6.45) is 3.47. The molecule has 116 valence electrons. The number of nitrogens with zero attached hydrogens (tertiary/aromatic N) is 2. The van der Waals surface area contributed by atoms with E-state index in [2.05, 4.69) is 26.3 Å². The average molecular weight is 383 g/mol. The molecule has 1 aromatic carbocycles. The molecule has 0 saturated carbocycles. The second-order valence-corrected chi connectivity index (χ2v) is 6.98. The molecule has 1 atom stereocenters. The Morgan fingerprint density at radius 1 is 1.50 bits per heavy atom. The summed E-state index contributed by atoms with van der Waals surface area (Å²) in [7, 11) is 0. The minimum atomic E-state index is -0.114. The smallest absolute Gasteiger partial charge is 0.256 e. The van der Waals surface area contributed by atoms with Gasteiger partial charge in [-0.1, -0.05) is 17.7 Å². The first-order valence-electron chi connectivity index (χ1n) is 7.29. The van der Waals surface area contributed by atoms with Crippen LogP contribution in [0.1, 0.15) is 53.8 Å². The van der Waals surface area contributed by atoms with E-state index in [0.717, 1.165) is 18.4 Å². The van der Waals surface area contributed by atoms with Gasteiger partial charge in [0.15, 0.2) is 0 Å². The van der Waals surface area contributed by atoms with Crippen molar-refractivity contribution in [2.75, 3.05) is 0 Å². The fraction of sp³-hybridized carbons (Fsp3) is 0.375. The number of aryl methyl sites for hydroxylation is 1. The molecule has 0 bridgehead atoms. The normalized spacial score (nSPS) is 16.9. The summed E-state index contributed by atoms with van der Waals surface area (Å²) in [5, 5.41) is 8.05. The topological polar surface area (TPSA) is 46.9 Å². The summed E-state index contributed by atoms with van der Waals surface area (Å²) in [5.41, 5.74) is 2.93. The number of aromatic nitrogens is 2. The summed E-state index contributed by atoms with van der Waals surface area (Å²) in [6, 6.07) is 6.09. The average Bonchev–Trinajstić information content (AvgIpc) is 3.03. The fourth-order valence-corrected chi connectivity index (χ4v) is 3.78. The highest BCUT2D eigenvalue weighted by Gasteiger charge is 2.26. The molecular weight excluding hydrogens is 366 g/mol. The minimum Gasteiger partial charge on any atom is -0.345 e. The summed E-state index contributed by atoms with van der Waals surface area (Å²) in [5.74, 6) is -0.114. The van der Waals surface area contributed by atoms with E-state index in [1.807, 2.05) is 32.0 Å². The van der Waals surface area contributed by atoms with Crippen molar-refractivity contribution < 1.29 is 4.79 Å². The quantitative estimate of drug-likeness (QED) is 0.860. The van der Waals surface area contributed by atoms with Gasteiger partial charge in [0.25, 0.3) is 5.91 Å². The predicted octanol–water partition coefficient (Wildman–Crippen LogP) is 4.30. The Morgan fingerprint density at radius 2 is 2.27 bits per heavy atom. The maximum absolute atomic E-state index is 12.5. The van der Waals surface area contributed by atoms with Crippen LogP contribution < -0.4 is 5.32 Å². The first-order chi connectivity index (χ1) is 10.5. The predicted molar refractivity (Wildman–Crippen MR) is 90.3 cm³/mol. The van der Waals surface area contributed by atoms with E-state index in [1.54, 1.807) is 10.9 Å². The molecule has 1 aliphatic carbocycles. The Labute approximate surface area is 143 Å². The lowest BCUT2D eigenvalue weighted by molar-refractivity contribution is 0.0936. The van der Waals surface area contributed by atoms with E-state index in [-0.39, 0.29) is 18.0 Å². The van der Waals surface area contributed by atoms with Crippen LogP contribution in [0.15, 0.2) is 29.0 Å². The SMILES string of the molecule is CC(C)n1ncc(C(=O)NC2CCc3ccc(Cl)cc32)c1Br.